The number of hydrogen-bond acceptors (Lipinski definition) is 4. The van der Waals surface area contributed by atoms with Crippen LogP contribution in [0.25, 0.3) is 0 Å². The van der Waals surface area contributed by atoms with Crippen LogP contribution in [0.3, 0.4) is 0 Å². The first-order valence-corrected chi connectivity index (χ1v) is 8.77. The Bertz CT molecular complexity index is 560. The van der Waals surface area contributed by atoms with Crippen molar-refractivity contribution in [2.75, 3.05) is 26.7 Å². The topological polar surface area (TPSA) is 74.3 Å². The molecule has 1 aliphatic rings. The van der Waals surface area contributed by atoms with Crippen LogP contribution in [0.1, 0.15) is 24.2 Å². The third-order valence-electron chi connectivity index (χ3n) is 3.70. The van der Waals surface area contributed by atoms with Crippen molar-refractivity contribution in [2.45, 2.75) is 26.3 Å². The van der Waals surface area contributed by atoms with Crippen molar-refractivity contribution in [1.29, 1.82) is 0 Å². The average Bonchev–Trinajstić information content (AvgIpc) is 2.46. The van der Waals surface area contributed by atoms with E-state index in [1.807, 2.05) is 32.2 Å². The fourth-order valence-electron chi connectivity index (χ4n) is 2.65. The molecule has 0 amide bonds. The SMILES string of the molecule is CNCC1CCCN(S(=O)(=O)NCc2cccc(C)n2)C1. The molecule has 2 N–H and O–H groups in total. The second-order valence-corrected chi connectivity index (χ2v) is 7.28. The summed E-state index contributed by atoms with van der Waals surface area (Å²) in [5.74, 6) is 0.386. The van der Waals surface area contributed by atoms with E-state index >= 15 is 0 Å². The number of aromatic nitrogens is 1. The van der Waals surface area contributed by atoms with Crippen LogP contribution in [-0.2, 0) is 16.8 Å². The highest BCUT2D eigenvalue weighted by atomic mass is 32.2. The molecule has 1 aliphatic heterocycles. The Morgan fingerprint density at radius 3 is 2.95 bits per heavy atom. The van der Waals surface area contributed by atoms with Gasteiger partial charge in [0.2, 0.25) is 0 Å². The summed E-state index contributed by atoms with van der Waals surface area (Å²) in [4.78, 5) is 4.31. The van der Waals surface area contributed by atoms with Crippen LogP contribution in [0, 0.1) is 12.8 Å². The molecule has 1 atom stereocenters. The second-order valence-electron chi connectivity index (χ2n) is 5.52. The number of hydrogen-bond donors (Lipinski definition) is 2. The van der Waals surface area contributed by atoms with Gasteiger partial charge in [0.15, 0.2) is 0 Å². The van der Waals surface area contributed by atoms with E-state index in [0.717, 1.165) is 30.8 Å². The molecular formula is C14H24N4O2S. The van der Waals surface area contributed by atoms with Gasteiger partial charge in [-0.1, -0.05) is 6.07 Å². The van der Waals surface area contributed by atoms with Gasteiger partial charge < -0.3 is 5.32 Å². The number of piperidine rings is 1. The largest absolute Gasteiger partial charge is 0.319 e. The maximum atomic E-state index is 12.4. The highest BCUT2D eigenvalue weighted by Gasteiger charge is 2.28. The van der Waals surface area contributed by atoms with E-state index in [-0.39, 0.29) is 6.54 Å². The van der Waals surface area contributed by atoms with E-state index in [0.29, 0.717) is 19.0 Å². The van der Waals surface area contributed by atoms with Gasteiger partial charge >= 0.3 is 0 Å². The number of rotatable bonds is 6. The van der Waals surface area contributed by atoms with Crippen molar-refractivity contribution in [3.63, 3.8) is 0 Å². The van der Waals surface area contributed by atoms with Crippen molar-refractivity contribution < 1.29 is 8.42 Å². The summed E-state index contributed by atoms with van der Waals surface area (Å²) in [6, 6.07) is 5.61. The summed E-state index contributed by atoms with van der Waals surface area (Å²) in [6.45, 7) is 4.15. The molecule has 6 nitrogen and oxygen atoms in total. The average molecular weight is 312 g/mol. The molecule has 0 aliphatic carbocycles. The third kappa shape index (κ3) is 4.74. The van der Waals surface area contributed by atoms with Crippen molar-refractivity contribution >= 4 is 10.2 Å². The molecule has 0 aromatic carbocycles. The van der Waals surface area contributed by atoms with Crippen molar-refractivity contribution in [2.24, 2.45) is 5.92 Å². The minimum Gasteiger partial charge on any atom is -0.319 e. The lowest BCUT2D eigenvalue weighted by Gasteiger charge is -2.31. The van der Waals surface area contributed by atoms with Crippen LogP contribution in [0.2, 0.25) is 0 Å². The quantitative estimate of drug-likeness (QED) is 0.809. The molecule has 1 saturated heterocycles. The zero-order valence-corrected chi connectivity index (χ0v) is 13.5. The van der Waals surface area contributed by atoms with Gasteiger partial charge in [-0.3, -0.25) is 4.98 Å². The Balaban J connectivity index is 1.94. The van der Waals surface area contributed by atoms with Crippen molar-refractivity contribution in [3.05, 3.63) is 29.6 Å². The van der Waals surface area contributed by atoms with Gasteiger partial charge in [0.05, 0.1) is 12.2 Å². The van der Waals surface area contributed by atoms with Gasteiger partial charge in [-0.05, 0) is 51.4 Å². The first-order chi connectivity index (χ1) is 10.0. The standard InChI is InChI=1S/C14H24N4O2S/c1-12-5-3-7-14(17-12)10-16-21(19,20)18-8-4-6-13(11-18)9-15-2/h3,5,7,13,15-16H,4,6,8-11H2,1-2H3. The van der Waals surface area contributed by atoms with E-state index in [1.54, 1.807) is 4.31 Å². The molecule has 1 unspecified atom stereocenters. The zero-order chi connectivity index (χ0) is 15.3. The number of aryl methyl sites for hydroxylation is 1. The molecule has 2 rings (SSSR count). The van der Waals surface area contributed by atoms with Crippen LogP contribution in [0.4, 0.5) is 0 Å². The van der Waals surface area contributed by atoms with Crippen LogP contribution in [0.15, 0.2) is 18.2 Å². The fourth-order valence-corrected chi connectivity index (χ4v) is 3.94. The van der Waals surface area contributed by atoms with E-state index in [9.17, 15) is 8.42 Å². The summed E-state index contributed by atoms with van der Waals surface area (Å²) in [5, 5.41) is 3.12. The Labute approximate surface area is 127 Å². The normalized spacial score (nSPS) is 20.6. The highest BCUT2D eigenvalue weighted by molar-refractivity contribution is 7.87. The molecule has 1 fully saturated rings. The molecule has 21 heavy (non-hydrogen) atoms. The molecule has 7 heteroatoms. The van der Waals surface area contributed by atoms with Gasteiger partial charge in [0, 0.05) is 18.8 Å². The summed E-state index contributed by atoms with van der Waals surface area (Å²) in [6.07, 6.45) is 1.99. The Morgan fingerprint density at radius 2 is 2.24 bits per heavy atom. The predicted molar refractivity (Wildman–Crippen MR) is 83.0 cm³/mol. The second kappa shape index (κ2) is 7.31. The lowest BCUT2D eigenvalue weighted by molar-refractivity contribution is 0.261. The maximum absolute atomic E-state index is 12.4. The third-order valence-corrected chi connectivity index (χ3v) is 5.22. The molecule has 0 bridgehead atoms. The van der Waals surface area contributed by atoms with Gasteiger partial charge in [-0.15, -0.1) is 0 Å². The Kier molecular flexibility index (Phi) is 5.69. The van der Waals surface area contributed by atoms with E-state index in [1.165, 1.54) is 0 Å². The monoisotopic (exact) mass is 312 g/mol. The van der Waals surface area contributed by atoms with Crippen molar-refractivity contribution in [1.82, 2.24) is 19.3 Å². The summed E-state index contributed by atoms with van der Waals surface area (Å²) in [7, 11) is -1.53. The molecule has 0 radical (unpaired) electrons. The molecular weight excluding hydrogens is 288 g/mol. The van der Waals surface area contributed by atoms with E-state index < -0.39 is 10.2 Å². The first kappa shape index (κ1) is 16.4. The number of nitrogens with zero attached hydrogens (tertiary/aromatic N) is 2. The lowest BCUT2D eigenvalue weighted by Crippen LogP contribution is -2.47. The van der Waals surface area contributed by atoms with Gasteiger partial charge in [0.1, 0.15) is 0 Å². The number of nitrogens with one attached hydrogen (secondary N) is 2. The molecule has 0 spiro atoms. The minimum absolute atomic E-state index is 0.233. The molecule has 0 saturated carbocycles. The number of pyridine rings is 1. The minimum atomic E-state index is -3.43. The molecule has 118 valence electrons. The van der Waals surface area contributed by atoms with Crippen LogP contribution in [-0.4, -0.2) is 44.4 Å². The van der Waals surface area contributed by atoms with Gasteiger partial charge in [-0.25, -0.2) is 0 Å². The highest BCUT2D eigenvalue weighted by Crippen LogP contribution is 2.18. The van der Waals surface area contributed by atoms with E-state index in [2.05, 4.69) is 15.0 Å². The van der Waals surface area contributed by atoms with E-state index in [4.69, 9.17) is 0 Å². The van der Waals surface area contributed by atoms with Crippen LogP contribution >= 0.6 is 0 Å². The Morgan fingerprint density at radius 1 is 1.43 bits per heavy atom. The first-order valence-electron chi connectivity index (χ1n) is 7.33. The smallest absolute Gasteiger partial charge is 0.279 e. The molecule has 1 aromatic rings. The Hall–Kier alpha value is -1.02. The zero-order valence-electron chi connectivity index (χ0n) is 12.7. The summed E-state index contributed by atoms with van der Waals surface area (Å²) >= 11 is 0. The molecule has 2 heterocycles. The van der Waals surface area contributed by atoms with Crippen LogP contribution in [0.5, 0.6) is 0 Å². The predicted octanol–water partition coefficient (Wildman–Crippen LogP) is 0.656. The van der Waals surface area contributed by atoms with Gasteiger partial charge in [-0.2, -0.15) is 17.4 Å². The van der Waals surface area contributed by atoms with Crippen molar-refractivity contribution in [3.8, 4) is 0 Å². The van der Waals surface area contributed by atoms with Gasteiger partial charge in [0.25, 0.3) is 10.2 Å². The maximum Gasteiger partial charge on any atom is 0.279 e. The summed E-state index contributed by atoms with van der Waals surface area (Å²) < 4.78 is 28.9. The summed E-state index contributed by atoms with van der Waals surface area (Å²) in [5.41, 5.74) is 1.63. The van der Waals surface area contributed by atoms with Crippen LogP contribution < -0.4 is 10.0 Å². The lowest BCUT2D eigenvalue weighted by atomic mass is 10.00. The fraction of sp³-hybridized carbons (Fsp3) is 0.643. The molecule has 1 aromatic heterocycles.